The number of hydrogen-bond acceptors (Lipinski definition) is 12. The minimum absolute atomic E-state index is 0.0952. The maximum absolute atomic E-state index is 13.9. The second kappa shape index (κ2) is 17.7. The fourth-order valence-corrected chi connectivity index (χ4v) is 9.32. The number of hydrogen-bond donors (Lipinski definition) is 2. The number of nitrogens with two attached hydrogens (primary N) is 1. The fraction of sp³-hybridized carbons (Fsp3) is 0.413. The molecule has 16 nitrogen and oxygen atoms in total. The minimum atomic E-state index is -0.968. The molecule has 1 unspecified atom stereocenters. The molecule has 0 bridgehead atoms. The summed E-state index contributed by atoms with van der Waals surface area (Å²) in [6, 6.07) is 12.6. The second-order valence-electron chi connectivity index (χ2n) is 17.1. The molecule has 5 aromatic rings. The van der Waals surface area contributed by atoms with Gasteiger partial charge in [-0.05, 0) is 81.0 Å². The van der Waals surface area contributed by atoms with E-state index in [4.69, 9.17) is 10.5 Å². The zero-order valence-electron chi connectivity index (χ0n) is 35.6. The van der Waals surface area contributed by atoms with Gasteiger partial charge in [0.15, 0.2) is 11.6 Å². The number of piperazine rings is 1. The highest BCUT2D eigenvalue weighted by molar-refractivity contribution is 6.23. The van der Waals surface area contributed by atoms with Crippen molar-refractivity contribution in [1.29, 1.82) is 0 Å². The van der Waals surface area contributed by atoms with Crippen LogP contribution in [0.25, 0.3) is 11.3 Å². The monoisotopic (exact) mass is 857 g/mol. The number of nitrogen functional groups attached to an aromatic ring is 1. The van der Waals surface area contributed by atoms with Gasteiger partial charge >= 0.3 is 0 Å². The topological polar surface area (TPSA) is 177 Å². The van der Waals surface area contributed by atoms with Crippen LogP contribution in [0.15, 0.2) is 73.4 Å². The zero-order valence-corrected chi connectivity index (χ0v) is 35.6. The number of anilines is 2. The Hall–Kier alpha value is -6.46. The van der Waals surface area contributed by atoms with Crippen molar-refractivity contribution in [3.8, 4) is 17.0 Å². The number of ether oxygens (including phenoxy) is 1. The number of aromatic nitrogens is 5. The number of carbonyl (C=O) groups is 4. The Bertz CT molecular complexity index is 2540. The molecule has 3 saturated heterocycles. The van der Waals surface area contributed by atoms with Crippen LogP contribution in [0.4, 0.5) is 15.9 Å². The predicted octanol–water partition coefficient (Wildman–Crippen LogP) is 4.30. The van der Waals surface area contributed by atoms with E-state index in [1.54, 1.807) is 24.4 Å². The number of nitrogens with zero attached hydrogens (tertiary/aromatic N) is 9. The Labute approximate surface area is 364 Å². The van der Waals surface area contributed by atoms with E-state index in [2.05, 4.69) is 45.8 Å². The summed E-state index contributed by atoms with van der Waals surface area (Å²) >= 11 is 0. The first kappa shape index (κ1) is 41.9. The Balaban J connectivity index is 0.724. The molecule has 2 atom stereocenters. The summed E-state index contributed by atoms with van der Waals surface area (Å²) in [6.45, 7) is 12.9. The van der Waals surface area contributed by atoms with Crippen LogP contribution >= 0.6 is 0 Å². The SMILES string of the molecule is Cc1ncn(Cc2cnn(CCN3CCN(CC4CCN(c5ccc6c(c5)C(=O)N(C5CCC(=O)NC5=O)C6=O)CC4)CC3)c2)c1-c1cnc(N)c(O[C@H](C)c2cccc(F)c2)c1. The third-order valence-electron chi connectivity index (χ3n) is 12.9. The molecule has 17 heteroatoms. The zero-order chi connectivity index (χ0) is 43.8. The standard InChI is InChI=1S/C46H52FN11O5/c1-29-42(34-21-40(43(48)49-24-34)63-30(2)33-4-3-5-35(47)20-33)56(28-50-29)26-32-23-51-57(27-32)19-18-53-14-16-54(17-15-53)25-31-10-12-55(13-11-31)36-6-7-37-38(22-36)46(62)58(45(37)61)39-8-9-41(59)52-44(39)60/h3-7,20-24,27-28,30-31,39H,8-19,25-26H2,1-2H3,(H2,48,49)(H,52,59,60)/t30-,39?/m1/s1. The fourth-order valence-electron chi connectivity index (χ4n) is 9.32. The van der Waals surface area contributed by atoms with Gasteiger partial charge in [0, 0.05) is 88.0 Å². The Kier molecular flexibility index (Phi) is 11.8. The van der Waals surface area contributed by atoms with Gasteiger partial charge in [-0.1, -0.05) is 12.1 Å². The van der Waals surface area contributed by atoms with Gasteiger partial charge in [-0.3, -0.25) is 39.0 Å². The molecule has 0 saturated carbocycles. The van der Waals surface area contributed by atoms with Gasteiger partial charge in [0.1, 0.15) is 18.0 Å². The van der Waals surface area contributed by atoms with Crippen molar-refractivity contribution in [3.05, 3.63) is 107 Å². The van der Waals surface area contributed by atoms with Crippen molar-refractivity contribution in [2.75, 3.05) is 63.0 Å². The molecule has 0 spiro atoms. The molecule has 328 valence electrons. The molecular formula is C46H52FN11O5. The summed E-state index contributed by atoms with van der Waals surface area (Å²) < 4.78 is 24.1. The van der Waals surface area contributed by atoms with Crippen LogP contribution in [0.3, 0.4) is 0 Å². The van der Waals surface area contributed by atoms with E-state index in [0.29, 0.717) is 34.9 Å². The van der Waals surface area contributed by atoms with Gasteiger partial charge in [-0.25, -0.2) is 14.4 Å². The average molecular weight is 858 g/mol. The number of imide groups is 2. The lowest BCUT2D eigenvalue weighted by Gasteiger charge is -2.39. The third kappa shape index (κ3) is 8.93. The number of benzene rings is 2. The van der Waals surface area contributed by atoms with Crippen LogP contribution in [0.1, 0.15) is 76.2 Å². The maximum Gasteiger partial charge on any atom is 0.262 e. The molecular weight excluding hydrogens is 806 g/mol. The van der Waals surface area contributed by atoms with Crippen LogP contribution in [0, 0.1) is 18.7 Å². The summed E-state index contributed by atoms with van der Waals surface area (Å²) in [5.41, 5.74) is 12.1. The molecule has 3 fully saturated rings. The average Bonchev–Trinajstić information content (AvgIpc) is 3.96. The van der Waals surface area contributed by atoms with Crippen LogP contribution in [-0.2, 0) is 22.7 Å². The number of imidazole rings is 1. The number of rotatable bonds is 13. The summed E-state index contributed by atoms with van der Waals surface area (Å²) in [5, 5.41) is 6.93. The van der Waals surface area contributed by atoms with Gasteiger partial charge in [0.25, 0.3) is 11.8 Å². The van der Waals surface area contributed by atoms with Crippen molar-refractivity contribution < 1.29 is 28.3 Å². The van der Waals surface area contributed by atoms with E-state index in [0.717, 1.165) is 105 Å². The summed E-state index contributed by atoms with van der Waals surface area (Å²) in [6.07, 6.45) is 9.42. The second-order valence-corrected chi connectivity index (χ2v) is 17.1. The molecule has 7 heterocycles. The molecule has 9 rings (SSSR count). The normalized spacial score (nSPS) is 19.4. The third-order valence-corrected chi connectivity index (χ3v) is 12.9. The molecule has 3 aromatic heterocycles. The van der Waals surface area contributed by atoms with Crippen molar-refractivity contribution in [1.82, 2.24) is 44.3 Å². The Morgan fingerprint density at radius 2 is 1.67 bits per heavy atom. The minimum Gasteiger partial charge on any atom is -0.482 e. The Morgan fingerprint density at radius 3 is 2.44 bits per heavy atom. The lowest BCUT2D eigenvalue weighted by molar-refractivity contribution is -0.136. The largest absolute Gasteiger partial charge is 0.482 e. The van der Waals surface area contributed by atoms with E-state index in [9.17, 15) is 23.6 Å². The van der Waals surface area contributed by atoms with Crippen LogP contribution in [0.5, 0.6) is 5.75 Å². The predicted molar refractivity (Wildman–Crippen MR) is 232 cm³/mol. The summed E-state index contributed by atoms with van der Waals surface area (Å²) in [7, 11) is 0. The molecule has 0 radical (unpaired) electrons. The number of pyridine rings is 1. The van der Waals surface area contributed by atoms with E-state index >= 15 is 0 Å². The van der Waals surface area contributed by atoms with Gasteiger partial charge in [-0.15, -0.1) is 0 Å². The smallest absolute Gasteiger partial charge is 0.262 e. The van der Waals surface area contributed by atoms with Crippen LogP contribution in [-0.4, -0.2) is 121 Å². The number of amides is 4. The van der Waals surface area contributed by atoms with Gasteiger partial charge in [0.05, 0.1) is 48.1 Å². The summed E-state index contributed by atoms with van der Waals surface area (Å²) in [5.74, 6) is -1.02. The van der Waals surface area contributed by atoms with E-state index in [1.165, 1.54) is 12.1 Å². The first-order chi connectivity index (χ1) is 30.5. The molecule has 63 heavy (non-hydrogen) atoms. The van der Waals surface area contributed by atoms with E-state index in [-0.39, 0.29) is 30.4 Å². The highest BCUT2D eigenvalue weighted by Gasteiger charge is 2.45. The number of carbonyl (C=O) groups excluding carboxylic acids is 4. The molecule has 3 N–H and O–H groups in total. The van der Waals surface area contributed by atoms with Crippen molar-refractivity contribution in [2.24, 2.45) is 5.92 Å². The van der Waals surface area contributed by atoms with Crippen molar-refractivity contribution >= 4 is 35.1 Å². The lowest BCUT2D eigenvalue weighted by Crippen LogP contribution is -2.54. The quantitative estimate of drug-likeness (QED) is 0.161. The molecule has 0 aliphatic carbocycles. The molecule has 2 aromatic carbocycles. The first-order valence-electron chi connectivity index (χ1n) is 21.7. The highest BCUT2D eigenvalue weighted by atomic mass is 19.1. The maximum atomic E-state index is 13.9. The van der Waals surface area contributed by atoms with Crippen LogP contribution in [0.2, 0.25) is 0 Å². The van der Waals surface area contributed by atoms with Gasteiger partial charge in [0.2, 0.25) is 11.8 Å². The van der Waals surface area contributed by atoms with Crippen molar-refractivity contribution in [2.45, 2.75) is 64.8 Å². The highest BCUT2D eigenvalue weighted by Crippen LogP contribution is 2.34. The lowest BCUT2D eigenvalue weighted by atomic mass is 9.95. The van der Waals surface area contributed by atoms with E-state index < -0.39 is 29.9 Å². The number of nitrogens with one attached hydrogen (secondary N) is 1. The summed E-state index contributed by atoms with van der Waals surface area (Å²) in [4.78, 5) is 68.0. The number of piperidine rings is 2. The molecule has 4 amide bonds. The van der Waals surface area contributed by atoms with Crippen molar-refractivity contribution in [3.63, 3.8) is 0 Å². The van der Waals surface area contributed by atoms with Gasteiger partial charge < -0.3 is 24.8 Å². The Morgan fingerprint density at radius 1 is 0.889 bits per heavy atom. The van der Waals surface area contributed by atoms with E-state index in [1.807, 2.05) is 49.3 Å². The van der Waals surface area contributed by atoms with Gasteiger partial charge in [-0.2, -0.15) is 5.10 Å². The number of aryl methyl sites for hydroxylation is 1. The number of halogens is 1. The first-order valence-corrected chi connectivity index (χ1v) is 21.7. The molecule has 4 aliphatic rings. The van der Waals surface area contributed by atoms with Crippen LogP contribution < -0.4 is 20.7 Å². The molecule has 4 aliphatic heterocycles. The number of fused-ring (bicyclic) bond motifs is 1.